The molecule has 11 heteroatoms. The van der Waals surface area contributed by atoms with E-state index in [0.717, 1.165) is 57.1 Å². The Kier molecular flexibility index (Phi) is 6.30. The van der Waals surface area contributed by atoms with Gasteiger partial charge in [-0.05, 0) is 30.3 Å². The van der Waals surface area contributed by atoms with Crippen LogP contribution < -0.4 is 10.7 Å². The van der Waals surface area contributed by atoms with Crippen molar-refractivity contribution in [2.24, 2.45) is 0 Å². The molecule has 1 aromatic carbocycles. The number of anilines is 2. The highest BCUT2D eigenvalue weighted by Crippen LogP contribution is 2.27. The van der Waals surface area contributed by atoms with E-state index in [1.165, 1.54) is 6.07 Å². The number of hydrogen-bond acceptors (Lipinski definition) is 7. The van der Waals surface area contributed by atoms with Crippen LogP contribution in [0.1, 0.15) is 12.5 Å². The number of halogens is 2. The minimum absolute atomic E-state index is 0.0739. The lowest BCUT2D eigenvalue weighted by molar-refractivity contribution is 0.132. The molecule has 0 amide bonds. The lowest BCUT2D eigenvalue weighted by Crippen LogP contribution is -2.45. The maximum Gasteiger partial charge on any atom is 0.229 e. The number of fused-ring (bicyclic) bond motifs is 3. The number of aromatic amines is 1. The van der Waals surface area contributed by atoms with Crippen molar-refractivity contribution >= 4 is 28.3 Å². The monoisotopic (exact) mass is 516 g/mol. The van der Waals surface area contributed by atoms with Crippen molar-refractivity contribution in [3.63, 3.8) is 0 Å². The number of H-pyrrole nitrogens is 1. The molecule has 0 unspecified atom stereocenters. The van der Waals surface area contributed by atoms with Crippen LogP contribution in [0.15, 0.2) is 59.9 Å². The minimum atomic E-state index is -0.751. The number of nitrogens with zero attached hydrogens (tertiary/aromatic N) is 6. The minimum Gasteiger partial charge on any atom is -0.346 e. The Hall–Kier alpha value is -4.22. The summed E-state index contributed by atoms with van der Waals surface area (Å²) in [5.41, 5.74) is 1.54. The SMILES string of the molecule is CCN1CCN(Cc2ccc(Nc3ncc(F)c(-c4cc(F)c5c(=O)cc6[nH]ccn6c5c4)n3)nc2)CC1. The Labute approximate surface area is 216 Å². The topological polar surface area (TPSA) is 94.4 Å². The normalized spacial score (nSPS) is 14.9. The molecular formula is C27H26F2N8O. The fraction of sp³-hybridized carbons (Fsp3) is 0.259. The van der Waals surface area contributed by atoms with E-state index < -0.39 is 17.1 Å². The van der Waals surface area contributed by atoms with Gasteiger partial charge in [-0.2, -0.15) is 0 Å². The number of benzene rings is 1. The van der Waals surface area contributed by atoms with Crippen LogP contribution in [0.25, 0.3) is 27.8 Å². The third kappa shape index (κ3) is 4.61. The molecule has 4 aromatic heterocycles. The number of pyridine rings is 2. The molecule has 1 aliphatic heterocycles. The zero-order chi connectivity index (χ0) is 26.2. The first-order chi connectivity index (χ1) is 18.5. The number of piperazine rings is 1. The zero-order valence-corrected chi connectivity index (χ0v) is 20.8. The van der Waals surface area contributed by atoms with E-state index in [1.54, 1.807) is 29.1 Å². The van der Waals surface area contributed by atoms with E-state index in [-0.39, 0.29) is 22.6 Å². The molecule has 1 aliphatic rings. The van der Waals surface area contributed by atoms with E-state index >= 15 is 4.39 Å². The smallest absolute Gasteiger partial charge is 0.229 e. The van der Waals surface area contributed by atoms with E-state index in [4.69, 9.17) is 0 Å². The van der Waals surface area contributed by atoms with Gasteiger partial charge in [0, 0.05) is 62.9 Å². The van der Waals surface area contributed by atoms with Gasteiger partial charge < -0.3 is 19.6 Å². The van der Waals surface area contributed by atoms with Crippen LogP contribution >= 0.6 is 0 Å². The van der Waals surface area contributed by atoms with E-state index in [0.29, 0.717) is 17.0 Å². The fourth-order valence-electron chi connectivity index (χ4n) is 4.89. The highest BCUT2D eigenvalue weighted by molar-refractivity contribution is 5.87. The molecule has 0 spiro atoms. The molecule has 194 valence electrons. The average molecular weight is 517 g/mol. The average Bonchev–Trinajstić information content (AvgIpc) is 3.40. The summed E-state index contributed by atoms with van der Waals surface area (Å²) >= 11 is 0. The first kappa shape index (κ1) is 24.1. The first-order valence-electron chi connectivity index (χ1n) is 12.5. The van der Waals surface area contributed by atoms with Gasteiger partial charge in [0.05, 0.1) is 17.1 Å². The van der Waals surface area contributed by atoms with Crippen molar-refractivity contribution in [3.8, 4) is 11.3 Å². The van der Waals surface area contributed by atoms with Gasteiger partial charge >= 0.3 is 0 Å². The quantitative estimate of drug-likeness (QED) is 0.355. The molecule has 9 nitrogen and oxygen atoms in total. The predicted molar refractivity (Wildman–Crippen MR) is 141 cm³/mol. The van der Waals surface area contributed by atoms with E-state index in [1.807, 2.05) is 12.1 Å². The summed E-state index contributed by atoms with van der Waals surface area (Å²) in [6, 6.07) is 7.80. The highest BCUT2D eigenvalue weighted by Gasteiger charge is 2.18. The van der Waals surface area contributed by atoms with Crippen molar-refractivity contribution in [3.05, 3.63) is 82.5 Å². The van der Waals surface area contributed by atoms with Gasteiger partial charge in [0.1, 0.15) is 23.0 Å². The van der Waals surface area contributed by atoms with Crippen LogP contribution in [0.2, 0.25) is 0 Å². The molecule has 0 atom stereocenters. The maximum atomic E-state index is 15.0. The second-order valence-electron chi connectivity index (χ2n) is 9.35. The summed E-state index contributed by atoms with van der Waals surface area (Å²) in [6.07, 6.45) is 6.14. The Morgan fingerprint density at radius 2 is 1.82 bits per heavy atom. The number of rotatable bonds is 6. The summed E-state index contributed by atoms with van der Waals surface area (Å²) in [5, 5.41) is 2.92. The molecule has 5 heterocycles. The Balaban J connectivity index is 1.24. The number of imidazole rings is 1. The number of hydrogen-bond donors (Lipinski definition) is 2. The molecule has 5 aromatic rings. The van der Waals surface area contributed by atoms with Crippen molar-refractivity contribution < 1.29 is 8.78 Å². The standard InChI is InChI=1S/C27H26F2N8O/c1-2-35-7-9-36(10-8-35)16-17-3-4-23(31-14-17)33-27-32-15-20(29)26(34-27)18-11-19(28)25-21(12-18)37-6-5-30-24(37)13-22(25)38/h3-6,11-15,30H,2,7-10,16H2,1H3,(H,31,32,33,34). The van der Waals surface area contributed by atoms with Crippen LogP contribution in [0.3, 0.4) is 0 Å². The van der Waals surface area contributed by atoms with Crippen molar-refractivity contribution in [2.45, 2.75) is 13.5 Å². The van der Waals surface area contributed by atoms with Crippen LogP contribution in [0, 0.1) is 11.6 Å². The highest BCUT2D eigenvalue weighted by atomic mass is 19.1. The maximum absolute atomic E-state index is 15.0. The summed E-state index contributed by atoms with van der Waals surface area (Å²) in [7, 11) is 0. The van der Waals surface area contributed by atoms with Crippen LogP contribution in [0.5, 0.6) is 0 Å². The van der Waals surface area contributed by atoms with E-state index in [2.05, 4.69) is 42.0 Å². The summed E-state index contributed by atoms with van der Waals surface area (Å²) in [4.78, 5) is 33.0. The second-order valence-corrected chi connectivity index (χ2v) is 9.35. The Morgan fingerprint density at radius 1 is 1.00 bits per heavy atom. The zero-order valence-electron chi connectivity index (χ0n) is 20.8. The summed E-state index contributed by atoms with van der Waals surface area (Å²) < 4.78 is 31.5. The second kappa shape index (κ2) is 9.92. The molecule has 0 aliphatic carbocycles. The number of nitrogens with one attached hydrogen (secondary N) is 2. The molecule has 0 saturated carbocycles. The van der Waals surface area contributed by atoms with Crippen LogP contribution in [-0.2, 0) is 6.54 Å². The number of likely N-dealkylation sites (N-methyl/N-ethyl adjacent to an activating group) is 1. The number of aromatic nitrogens is 5. The van der Waals surface area contributed by atoms with Gasteiger partial charge in [-0.25, -0.2) is 23.7 Å². The predicted octanol–water partition coefficient (Wildman–Crippen LogP) is 3.79. The molecule has 0 radical (unpaired) electrons. The van der Waals surface area contributed by atoms with Crippen molar-refractivity contribution in [1.82, 2.24) is 34.1 Å². The van der Waals surface area contributed by atoms with Crippen LogP contribution in [-0.4, -0.2) is 66.9 Å². The van der Waals surface area contributed by atoms with Gasteiger partial charge in [-0.1, -0.05) is 13.0 Å². The molecule has 38 heavy (non-hydrogen) atoms. The van der Waals surface area contributed by atoms with Gasteiger partial charge in [-0.15, -0.1) is 0 Å². The van der Waals surface area contributed by atoms with Crippen LogP contribution in [0.4, 0.5) is 20.5 Å². The van der Waals surface area contributed by atoms with Gasteiger partial charge in [0.2, 0.25) is 5.95 Å². The molecule has 0 bridgehead atoms. The fourth-order valence-corrected chi connectivity index (χ4v) is 4.89. The Morgan fingerprint density at radius 3 is 2.58 bits per heavy atom. The molecular weight excluding hydrogens is 490 g/mol. The van der Waals surface area contributed by atoms with Crippen molar-refractivity contribution in [2.75, 3.05) is 38.0 Å². The lowest BCUT2D eigenvalue weighted by atomic mass is 10.1. The van der Waals surface area contributed by atoms with E-state index in [9.17, 15) is 9.18 Å². The third-order valence-electron chi connectivity index (χ3n) is 6.96. The third-order valence-corrected chi connectivity index (χ3v) is 6.96. The summed E-state index contributed by atoms with van der Waals surface area (Å²) in [5.74, 6) is -0.837. The largest absolute Gasteiger partial charge is 0.346 e. The molecule has 1 saturated heterocycles. The summed E-state index contributed by atoms with van der Waals surface area (Å²) in [6.45, 7) is 8.29. The lowest BCUT2D eigenvalue weighted by Gasteiger charge is -2.33. The first-order valence-corrected chi connectivity index (χ1v) is 12.5. The molecule has 6 rings (SSSR count). The van der Waals surface area contributed by atoms with Gasteiger partial charge in [-0.3, -0.25) is 9.69 Å². The van der Waals surface area contributed by atoms with Gasteiger partial charge in [0.15, 0.2) is 11.2 Å². The Bertz CT molecular complexity index is 1670. The molecule has 1 fully saturated rings. The molecule has 2 N–H and O–H groups in total. The van der Waals surface area contributed by atoms with Gasteiger partial charge in [0.25, 0.3) is 0 Å². The van der Waals surface area contributed by atoms with Crippen molar-refractivity contribution in [1.29, 1.82) is 0 Å².